The Bertz CT molecular complexity index is 1590. The van der Waals surface area contributed by atoms with E-state index < -0.39 is 0 Å². The SMILES string of the molecule is COc1cc2c(ccc3c4ccc5c(c4c(=O)[nH]c23)OCO5)c(-c2ccccc2)c1OC. The molecule has 4 aromatic carbocycles. The van der Waals surface area contributed by atoms with E-state index >= 15 is 0 Å². The zero-order chi connectivity index (χ0) is 21.8. The van der Waals surface area contributed by atoms with Crippen LogP contribution >= 0.6 is 0 Å². The maximum atomic E-state index is 13.2. The van der Waals surface area contributed by atoms with E-state index in [1.165, 1.54) is 0 Å². The molecule has 0 bridgehead atoms. The number of hydrogen-bond donors (Lipinski definition) is 1. The standard InChI is InChI=1S/C26H19NO5/c1-29-20-12-18-16(21(24(20)30-2)14-6-4-3-5-7-14)8-9-17-15-10-11-19-25(32-13-31-19)22(15)26(28)27-23(17)18/h3-12H,13H2,1-2H3,(H,27,28). The zero-order valence-electron chi connectivity index (χ0n) is 17.5. The van der Waals surface area contributed by atoms with Crippen molar-refractivity contribution in [3.8, 4) is 34.1 Å². The number of H-pyrrole nitrogens is 1. The van der Waals surface area contributed by atoms with Gasteiger partial charge in [0.25, 0.3) is 5.56 Å². The van der Waals surface area contributed by atoms with Gasteiger partial charge in [0.1, 0.15) is 0 Å². The summed E-state index contributed by atoms with van der Waals surface area (Å²) in [4.78, 5) is 16.3. The first-order valence-electron chi connectivity index (χ1n) is 10.2. The summed E-state index contributed by atoms with van der Waals surface area (Å²) in [6.45, 7) is 0.112. The largest absolute Gasteiger partial charge is 0.493 e. The predicted octanol–water partition coefficient (Wildman–Crippen LogP) is 5.25. The van der Waals surface area contributed by atoms with E-state index in [0.29, 0.717) is 28.4 Å². The van der Waals surface area contributed by atoms with Gasteiger partial charge >= 0.3 is 0 Å². The molecule has 2 heterocycles. The quantitative estimate of drug-likeness (QED) is 0.400. The highest BCUT2D eigenvalue weighted by Gasteiger charge is 2.23. The number of fused-ring (bicyclic) bond motifs is 7. The number of hydrogen-bond acceptors (Lipinski definition) is 5. The monoisotopic (exact) mass is 425 g/mol. The third-order valence-electron chi connectivity index (χ3n) is 6.02. The highest BCUT2D eigenvalue weighted by atomic mass is 16.7. The molecule has 158 valence electrons. The van der Waals surface area contributed by atoms with Crippen LogP contribution in [0.2, 0.25) is 0 Å². The molecule has 0 fully saturated rings. The summed E-state index contributed by atoms with van der Waals surface area (Å²) in [6, 6.07) is 19.8. The molecule has 0 unspecified atom stereocenters. The van der Waals surface area contributed by atoms with Crippen LogP contribution in [0.5, 0.6) is 23.0 Å². The summed E-state index contributed by atoms with van der Waals surface area (Å²) in [6.07, 6.45) is 0. The van der Waals surface area contributed by atoms with Gasteiger partial charge in [0.05, 0.1) is 25.1 Å². The van der Waals surface area contributed by atoms with E-state index in [2.05, 4.69) is 11.1 Å². The third-order valence-corrected chi connectivity index (χ3v) is 6.02. The van der Waals surface area contributed by atoms with Crippen molar-refractivity contribution < 1.29 is 18.9 Å². The third kappa shape index (κ3) is 2.49. The number of rotatable bonds is 3. The lowest BCUT2D eigenvalue weighted by Gasteiger charge is -2.18. The molecule has 0 saturated carbocycles. The molecular formula is C26H19NO5. The first-order valence-corrected chi connectivity index (χ1v) is 10.2. The van der Waals surface area contributed by atoms with Gasteiger partial charge in [0.2, 0.25) is 6.79 Å². The molecular weight excluding hydrogens is 406 g/mol. The summed E-state index contributed by atoms with van der Waals surface area (Å²) in [5.74, 6) is 2.32. The number of aromatic amines is 1. The van der Waals surface area contributed by atoms with Crippen molar-refractivity contribution in [1.82, 2.24) is 4.98 Å². The number of aromatic nitrogens is 1. The van der Waals surface area contributed by atoms with Crippen LogP contribution in [-0.2, 0) is 0 Å². The summed E-state index contributed by atoms with van der Waals surface area (Å²) >= 11 is 0. The Morgan fingerprint density at radius 1 is 0.844 bits per heavy atom. The fourth-order valence-electron chi connectivity index (χ4n) is 4.63. The van der Waals surface area contributed by atoms with Crippen molar-refractivity contribution in [3.63, 3.8) is 0 Å². The van der Waals surface area contributed by atoms with Crippen molar-refractivity contribution in [3.05, 3.63) is 71.0 Å². The number of benzene rings is 4. The normalized spacial score (nSPS) is 12.6. The number of methoxy groups -OCH3 is 2. The summed E-state index contributed by atoms with van der Waals surface area (Å²) in [7, 11) is 3.25. The fourth-order valence-corrected chi connectivity index (χ4v) is 4.63. The summed E-state index contributed by atoms with van der Waals surface area (Å²) in [5.41, 5.74) is 2.42. The summed E-state index contributed by atoms with van der Waals surface area (Å²) in [5, 5.41) is 4.05. The van der Waals surface area contributed by atoms with Crippen molar-refractivity contribution in [2.75, 3.05) is 21.0 Å². The Labute approximate surface area is 182 Å². The molecule has 0 amide bonds. The molecule has 1 aliphatic heterocycles. The molecule has 0 saturated heterocycles. The van der Waals surface area contributed by atoms with Gasteiger partial charge in [-0.25, -0.2) is 0 Å². The lowest BCUT2D eigenvalue weighted by atomic mass is 9.93. The van der Waals surface area contributed by atoms with Gasteiger partial charge in [-0.15, -0.1) is 0 Å². The van der Waals surface area contributed by atoms with Crippen molar-refractivity contribution in [2.24, 2.45) is 0 Å². The molecule has 32 heavy (non-hydrogen) atoms. The molecule has 1 aromatic heterocycles. The van der Waals surface area contributed by atoms with Gasteiger partial charge < -0.3 is 23.9 Å². The molecule has 1 N–H and O–H groups in total. The van der Waals surface area contributed by atoms with E-state index in [-0.39, 0.29) is 12.4 Å². The van der Waals surface area contributed by atoms with Crippen molar-refractivity contribution >= 4 is 32.4 Å². The van der Waals surface area contributed by atoms with Crippen LogP contribution in [-0.4, -0.2) is 26.0 Å². The Hall–Kier alpha value is -4.19. The van der Waals surface area contributed by atoms with E-state index in [4.69, 9.17) is 18.9 Å². The van der Waals surface area contributed by atoms with Crippen LogP contribution in [0, 0.1) is 0 Å². The van der Waals surface area contributed by atoms with E-state index in [1.54, 1.807) is 14.2 Å². The maximum absolute atomic E-state index is 13.2. The van der Waals surface area contributed by atoms with Gasteiger partial charge in [0.15, 0.2) is 23.0 Å². The minimum Gasteiger partial charge on any atom is -0.493 e. The lowest BCUT2D eigenvalue weighted by molar-refractivity contribution is 0.175. The minimum atomic E-state index is -0.224. The van der Waals surface area contributed by atoms with Gasteiger partial charge in [-0.05, 0) is 29.1 Å². The first-order chi connectivity index (χ1) is 15.7. The Balaban J connectivity index is 1.79. The molecule has 5 aromatic rings. The first kappa shape index (κ1) is 18.6. The van der Waals surface area contributed by atoms with Crippen LogP contribution in [0.25, 0.3) is 43.6 Å². The highest BCUT2D eigenvalue weighted by molar-refractivity contribution is 6.19. The Morgan fingerprint density at radius 2 is 1.62 bits per heavy atom. The highest BCUT2D eigenvalue weighted by Crippen LogP contribution is 2.46. The van der Waals surface area contributed by atoms with E-state index in [1.807, 2.05) is 54.6 Å². The Kier molecular flexibility index (Phi) is 4.01. The predicted molar refractivity (Wildman–Crippen MR) is 124 cm³/mol. The number of nitrogens with one attached hydrogen (secondary N) is 1. The van der Waals surface area contributed by atoms with Gasteiger partial charge in [-0.1, -0.05) is 42.5 Å². The lowest BCUT2D eigenvalue weighted by Crippen LogP contribution is -2.08. The van der Waals surface area contributed by atoms with Gasteiger partial charge in [-0.2, -0.15) is 0 Å². The van der Waals surface area contributed by atoms with Crippen LogP contribution in [0.3, 0.4) is 0 Å². The molecule has 0 spiro atoms. The second kappa shape index (κ2) is 6.92. The second-order valence-electron chi connectivity index (χ2n) is 7.61. The minimum absolute atomic E-state index is 0.112. The average Bonchev–Trinajstić information content (AvgIpc) is 3.32. The maximum Gasteiger partial charge on any atom is 0.260 e. The molecule has 0 radical (unpaired) electrons. The fraction of sp³-hybridized carbons (Fsp3) is 0.115. The van der Waals surface area contributed by atoms with Crippen LogP contribution in [0.4, 0.5) is 0 Å². The smallest absolute Gasteiger partial charge is 0.260 e. The van der Waals surface area contributed by atoms with E-state index in [9.17, 15) is 4.79 Å². The second-order valence-corrected chi connectivity index (χ2v) is 7.61. The van der Waals surface area contributed by atoms with Gasteiger partial charge in [0, 0.05) is 21.7 Å². The molecule has 1 aliphatic rings. The number of ether oxygens (including phenoxy) is 4. The van der Waals surface area contributed by atoms with Crippen LogP contribution < -0.4 is 24.5 Å². The summed E-state index contributed by atoms with van der Waals surface area (Å²) < 4.78 is 22.5. The van der Waals surface area contributed by atoms with Gasteiger partial charge in [-0.3, -0.25) is 4.79 Å². The molecule has 0 aliphatic carbocycles. The van der Waals surface area contributed by atoms with Crippen LogP contribution in [0.15, 0.2) is 65.5 Å². The van der Waals surface area contributed by atoms with Crippen LogP contribution in [0.1, 0.15) is 0 Å². The topological polar surface area (TPSA) is 69.8 Å². The molecule has 6 nitrogen and oxygen atoms in total. The van der Waals surface area contributed by atoms with Crippen molar-refractivity contribution in [1.29, 1.82) is 0 Å². The molecule has 6 heteroatoms. The number of pyridine rings is 1. The molecule has 6 rings (SSSR count). The van der Waals surface area contributed by atoms with E-state index in [0.717, 1.165) is 38.2 Å². The average molecular weight is 425 g/mol. The van der Waals surface area contributed by atoms with Crippen molar-refractivity contribution in [2.45, 2.75) is 0 Å². The molecule has 0 atom stereocenters. The zero-order valence-corrected chi connectivity index (χ0v) is 17.5. The Morgan fingerprint density at radius 3 is 2.41 bits per heavy atom.